The van der Waals surface area contributed by atoms with E-state index in [0.29, 0.717) is 11.8 Å². The predicted molar refractivity (Wildman–Crippen MR) is 69.8 cm³/mol. The molecule has 1 heterocycles. The van der Waals surface area contributed by atoms with Crippen LogP contribution in [-0.2, 0) is 5.75 Å². The third-order valence-electron chi connectivity index (χ3n) is 2.60. The standard InChI is InChI=1S/C12H19N3OS/c1-8(2)6-17-7-11-14-12(16-15-11)9-3-4-10(13)5-9/h3-4,8-10H,5-7,13H2,1-2H3. The van der Waals surface area contributed by atoms with Crippen molar-refractivity contribution in [3.63, 3.8) is 0 Å². The molecular weight excluding hydrogens is 234 g/mol. The maximum Gasteiger partial charge on any atom is 0.233 e. The largest absolute Gasteiger partial charge is 0.339 e. The van der Waals surface area contributed by atoms with Crippen molar-refractivity contribution < 1.29 is 4.52 Å². The lowest BCUT2D eigenvalue weighted by atomic mass is 10.1. The van der Waals surface area contributed by atoms with Crippen LogP contribution in [0.4, 0.5) is 0 Å². The van der Waals surface area contributed by atoms with E-state index in [0.717, 1.165) is 23.8 Å². The van der Waals surface area contributed by atoms with E-state index in [-0.39, 0.29) is 12.0 Å². The maximum atomic E-state index is 5.80. The van der Waals surface area contributed by atoms with Gasteiger partial charge in [-0.05, 0) is 18.1 Å². The number of thioether (sulfide) groups is 1. The highest BCUT2D eigenvalue weighted by Gasteiger charge is 2.22. The molecule has 2 atom stereocenters. The summed E-state index contributed by atoms with van der Waals surface area (Å²) in [6, 6.07) is 0.130. The van der Waals surface area contributed by atoms with E-state index in [9.17, 15) is 0 Å². The van der Waals surface area contributed by atoms with Crippen molar-refractivity contribution in [3.05, 3.63) is 23.9 Å². The van der Waals surface area contributed by atoms with Crippen molar-refractivity contribution in [2.75, 3.05) is 5.75 Å². The van der Waals surface area contributed by atoms with Gasteiger partial charge in [-0.25, -0.2) is 0 Å². The van der Waals surface area contributed by atoms with E-state index < -0.39 is 0 Å². The molecule has 1 aliphatic carbocycles. The summed E-state index contributed by atoms with van der Waals surface area (Å²) in [6.07, 6.45) is 4.94. The van der Waals surface area contributed by atoms with Gasteiger partial charge in [-0.3, -0.25) is 0 Å². The second-order valence-corrected chi connectivity index (χ2v) is 5.88. The summed E-state index contributed by atoms with van der Waals surface area (Å²) in [5, 5.41) is 4.00. The minimum atomic E-state index is 0.130. The molecule has 2 N–H and O–H groups in total. The van der Waals surface area contributed by atoms with Gasteiger partial charge >= 0.3 is 0 Å². The van der Waals surface area contributed by atoms with Gasteiger partial charge in [0.1, 0.15) is 0 Å². The van der Waals surface area contributed by atoms with Crippen molar-refractivity contribution in [2.45, 2.75) is 38.0 Å². The minimum absolute atomic E-state index is 0.130. The normalized spacial score (nSPS) is 23.8. The van der Waals surface area contributed by atoms with Gasteiger partial charge in [-0.2, -0.15) is 16.7 Å². The number of rotatable bonds is 5. The van der Waals surface area contributed by atoms with Crippen LogP contribution in [0.1, 0.15) is 37.9 Å². The van der Waals surface area contributed by atoms with Crippen LogP contribution in [-0.4, -0.2) is 21.9 Å². The monoisotopic (exact) mass is 253 g/mol. The number of nitrogens with two attached hydrogens (primary N) is 1. The zero-order valence-corrected chi connectivity index (χ0v) is 11.1. The summed E-state index contributed by atoms with van der Waals surface area (Å²) in [5.74, 6) is 4.35. The molecule has 0 fully saturated rings. The lowest BCUT2D eigenvalue weighted by Crippen LogP contribution is -2.14. The summed E-state index contributed by atoms with van der Waals surface area (Å²) in [6.45, 7) is 4.42. The molecule has 2 rings (SSSR count). The molecule has 0 amide bonds. The van der Waals surface area contributed by atoms with Crippen molar-refractivity contribution in [1.82, 2.24) is 10.1 Å². The van der Waals surface area contributed by atoms with E-state index in [1.165, 1.54) is 0 Å². The molecule has 1 aromatic rings. The Morgan fingerprint density at radius 1 is 1.53 bits per heavy atom. The molecule has 0 bridgehead atoms. The SMILES string of the molecule is CC(C)CSCc1noc(C2C=CC(N)C2)n1. The number of allylic oxidation sites excluding steroid dienone is 1. The maximum absolute atomic E-state index is 5.80. The highest BCUT2D eigenvalue weighted by molar-refractivity contribution is 7.98. The number of nitrogens with zero attached hydrogens (tertiary/aromatic N) is 2. The van der Waals surface area contributed by atoms with Gasteiger partial charge in [0.25, 0.3) is 0 Å². The molecule has 94 valence electrons. The Kier molecular flexibility index (Phi) is 4.23. The third-order valence-corrected chi connectivity index (χ3v) is 3.96. The molecule has 5 heteroatoms. The molecule has 2 unspecified atom stereocenters. The van der Waals surface area contributed by atoms with Gasteiger partial charge in [-0.15, -0.1) is 0 Å². The van der Waals surface area contributed by atoms with E-state index in [4.69, 9.17) is 10.3 Å². The van der Waals surface area contributed by atoms with Crippen LogP contribution >= 0.6 is 11.8 Å². The van der Waals surface area contributed by atoms with Gasteiger partial charge in [0.2, 0.25) is 5.89 Å². The average molecular weight is 253 g/mol. The van der Waals surface area contributed by atoms with Crippen molar-refractivity contribution >= 4 is 11.8 Å². The summed E-state index contributed by atoms with van der Waals surface area (Å²) in [5.41, 5.74) is 5.80. The van der Waals surface area contributed by atoms with Crippen LogP contribution in [0, 0.1) is 5.92 Å². The Morgan fingerprint density at radius 2 is 2.35 bits per heavy atom. The summed E-state index contributed by atoms with van der Waals surface area (Å²) in [7, 11) is 0. The van der Waals surface area contributed by atoms with E-state index >= 15 is 0 Å². The number of aromatic nitrogens is 2. The van der Waals surface area contributed by atoms with Crippen LogP contribution in [0.3, 0.4) is 0 Å². The molecule has 0 saturated carbocycles. The molecule has 0 spiro atoms. The average Bonchev–Trinajstić information content (AvgIpc) is 2.86. The first kappa shape index (κ1) is 12.6. The molecule has 0 radical (unpaired) electrons. The molecule has 0 aliphatic heterocycles. The van der Waals surface area contributed by atoms with Crippen molar-refractivity contribution in [3.8, 4) is 0 Å². The zero-order valence-electron chi connectivity index (χ0n) is 10.3. The summed E-state index contributed by atoms with van der Waals surface area (Å²) < 4.78 is 5.27. The Hall–Kier alpha value is -0.810. The Labute approximate surface area is 106 Å². The van der Waals surface area contributed by atoms with Crippen LogP contribution in [0.25, 0.3) is 0 Å². The number of hydrogen-bond donors (Lipinski definition) is 1. The molecule has 1 aliphatic rings. The molecular formula is C12H19N3OS. The minimum Gasteiger partial charge on any atom is -0.339 e. The first-order chi connectivity index (χ1) is 8.15. The fourth-order valence-electron chi connectivity index (χ4n) is 1.77. The highest BCUT2D eigenvalue weighted by Crippen LogP contribution is 2.26. The van der Waals surface area contributed by atoms with Crippen LogP contribution < -0.4 is 5.73 Å². The second kappa shape index (κ2) is 5.69. The third kappa shape index (κ3) is 3.57. The predicted octanol–water partition coefficient (Wildman–Crippen LogP) is 2.33. The summed E-state index contributed by atoms with van der Waals surface area (Å²) >= 11 is 1.84. The molecule has 17 heavy (non-hydrogen) atoms. The van der Waals surface area contributed by atoms with Crippen LogP contribution in [0.2, 0.25) is 0 Å². The van der Waals surface area contributed by atoms with Crippen molar-refractivity contribution in [1.29, 1.82) is 0 Å². The van der Waals surface area contributed by atoms with Gasteiger partial charge < -0.3 is 10.3 Å². The fraction of sp³-hybridized carbons (Fsp3) is 0.667. The molecule has 4 nitrogen and oxygen atoms in total. The van der Waals surface area contributed by atoms with E-state index in [1.54, 1.807) is 0 Å². The van der Waals surface area contributed by atoms with E-state index in [1.807, 2.05) is 17.8 Å². The van der Waals surface area contributed by atoms with Gasteiger partial charge in [0.05, 0.1) is 11.7 Å². The van der Waals surface area contributed by atoms with Gasteiger partial charge in [0, 0.05) is 6.04 Å². The quantitative estimate of drug-likeness (QED) is 0.816. The van der Waals surface area contributed by atoms with Gasteiger partial charge in [0.15, 0.2) is 5.82 Å². The van der Waals surface area contributed by atoms with Crippen LogP contribution in [0.5, 0.6) is 0 Å². The zero-order chi connectivity index (χ0) is 12.3. The smallest absolute Gasteiger partial charge is 0.233 e. The topological polar surface area (TPSA) is 64.9 Å². The first-order valence-corrected chi connectivity index (χ1v) is 7.14. The van der Waals surface area contributed by atoms with Crippen molar-refractivity contribution in [2.24, 2.45) is 11.7 Å². The lowest BCUT2D eigenvalue weighted by molar-refractivity contribution is 0.361. The lowest BCUT2D eigenvalue weighted by Gasteiger charge is -2.02. The second-order valence-electron chi connectivity index (χ2n) is 4.85. The highest BCUT2D eigenvalue weighted by atomic mass is 32.2. The Balaban J connectivity index is 1.86. The Bertz CT molecular complexity index is 389. The Morgan fingerprint density at radius 3 is 3.00 bits per heavy atom. The van der Waals surface area contributed by atoms with Gasteiger partial charge in [-0.1, -0.05) is 31.2 Å². The number of hydrogen-bond acceptors (Lipinski definition) is 5. The van der Waals surface area contributed by atoms with Crippen LogP contribution in [0.15, 0.2) is 16.7 Å². The molecule has 0 saturated heterocycles. The summed E-state index contributed by atoms with van der Waals surface area (Å²) in [4.78, 5) is 4.42. The molecule has 1 aromatic heterocycles. The first-order valence-electron chi connectivity index (χ1n) is 5.99. The fourth-order valence-corrected chi connectivity index (χ4v) is 2.66. The molecule has 0 aromatic carbocycles. The van der Waals surface area contributed by atoms with E-state index in [2.05, 4.69) is 30.1 Å².